The Morgan fingerprint density at radius 3 is 2.68 bits per heavy atom. The van der Waals surface area contributed by atoms with Gasteiger partial charge in [-0.2, -0.15) is 5.10 Å². The summed E-state index contributed by atoms with van der Waals surface area (Å²) >= 11 is 1.51. The van der Waals surface area contributed by atoms with Crippen LogP contribution in [-0.4, -0.2) is 25.6 Å². The summed E-state index contributed by atoms with van der Waals surface area (Å²) < 4.78 is 1.82. The van der Waals surface area contributed by atoms with Crippen molar-refractivity contribution in [3.63, 3.8) is 0 Å². The van der Waals surface area contributed by atoms with Gasteiger partial charge in [-0.3, -0.25) is 4.79 Å². The number of carbonyl (C=O) groups is 1. The lowest BCUT2D eigenvalue weighted by Gasteiger charge is -2.10. The molecule has 0 aliphatic rings. The molecule has 22 heavy (non-hydrogen) atoms. The van der Waals surface area contributed by atoms with Crippen molar-refractivity contribution in [1.82, 2.24) is 14.6 Å². The van der Waals surface area contributed by atoms with E-state index in [0.717, 1.165) is 27.5 Å². The minimum atomic E-state index is -0.102. The summed E-state index contributed by atoms with van der Waals surface area (Å²) in [6.45, 7) is 5.49. The Labute approximate surface area is 133 Å². The highest BCUT2D eigenvalue weighted by Gasteiger charge is 2.16. The van der Waals surface area contributed by atoms with Crippen molar-refractivity contribution in [1.29, 1.82) is 0 Å². The number of hydrogen-bond acceptors (Lipinski definition) is 4. The summed E-state index contributed by atoms with van der Waals surface area (Å²) in [5, 5.41) is 5.31. The molecule has 0 aliphatic heterocycles. The van der Waals surface area contributed by atoms with Gasteiger partial charge in [0, 0.05) is 11.3 Å². The van der Waals surface area contributed by atoms with E-state index in [2.05, 4.69) is 10.1 Å². The molecule has 4 nitrogen and oxygen atoms in total. The first-order chi connectivity index (χ1) is 10.6. The van der Waals surface area contributed by atoms with Gasteiger partial charge in [0.25, 0.3) is 0 Å². The molecule has 1 aromatic carbocycles. The molecule has 0 radical (unpaired) electrons. The van der Waals surface area contributed by atoms with Crippen LogP contribution in [0.4, 0.5) is 0 Å². The van der Waals surface area contributed by atoms with E-state index in [9.17, 15) is 4.79 Å². The van der Waals surface area contributed by atoms with E-state index in [-0.39, 0.29) is 11.0 Å². The number of aromatic nitrogens is 3. The second-order valence-electron chi connectivity index (χ2n) is 5.27. The summed E-state index contributed by atoms with van der Waals surface area (Å²) in [6, 6.07) is 12.1. The third kappa shape index (κ3) is 2.76. The standard InChI is InChI=1S/C17H17N3OS/c1-11-9-16(22-13(3)12(2)21)20-17(19-11)15(10-18-20)14-7-5-4-6-8-14/h4-10,13H,1-3H3/t13-/m1/s1. The van der Waals surface area contributed by atoms with Gasteiger partial charge in [0.1, 0.15) is 10.8 Å². The predicted molar refractivity (Wildman–Crippen MR) is 89.2 cm³/mol. The molecular formula is C17H17N3OS. The molecule has 0 aliphatic carbocycles. The number of carbonyl (C=O) groups excluding carboxylic acids is 1. The minimum absolute atomic E-state index is 0.102. The Hall–Kier alpha value is -2.14. The summed E-state index contributed by atoms with van der Waals surface area (Å²) in [4.78, 5) is 16.2. The van der Waals surface area contributed by atoms with Gasteiger partial charge in [0.05, 0.1) is 11.4 Å². The lowest BCUT2D eigenvalue weighted by molar-refractivity contribution is -0.116. The molecule has 0 amide bonds. The number of fused-ring (bicyclic) bond motifs is 1. The third-order valence-electron chi connectivity index (χ3n) is 3.52. The van der Waals surface area contributed by atoms with Crippen LogP contribution < -0.4 is 0 Å². The van der Waals surface area contributed by atoms with Gasteiger partial charge >= 0.3 is 0 Å². The maximum absolute atomic E-state index is 11.5. The van der Waals surface area contributed by atoms with E-state index in [4.69, 9.17) is 0 Å². The molecule has 0 saturated heterocycles. The fraction of sp³-hybridized carbons (Fsp3) is 0.235. The number of aryl methyl sites for hydroxylation is 1. The monoisotopic (exact) mass is 311 g/mol. The van der Waals surface area contributed by atoms with Gasteiger partial charge < -0.3 is 0 Å². The fourth-order valence-corrected chi connectivity index (χ4v) is 3.22. The van der Waals surface area contributed by atoms with Crippen molar-refractivity contribution in [2.24, 2.45) is 0 Å². The minimum Gasteiger partial charge on any atom is -0.299 e. The molecule has 3 aromatic rings. The largest absolute Gasteiger partial charge is 0.299 e. The molecule has 2 aromatic heterocycles. The highest BCUT2D eigenvalue weighted by Crippen LogP contribution is 2.29. The number of ketones is 1. The normalized spacial score (nSPS) is 12.5. The SMILES string of the molecule is CC(=O)[C@@H](C)Sc1cc(C)nc2c(-c3ccccc3)cnn12. The predicted octanol–water partition coefficient (Wildman–Crippen LogP) is 3.77. The third-order valence-corrected chi connectivity index (χ3v) is 4.74. The average Bonchev–Trinajstić information content (AvgIpc) is 2.91. The molecule has 112 valence electrons. The molecule has 0 unspecified atom stereocenters. The van der Waals surface area contributed by atoms with E-state index in [0.29, 0.717) is 0 Å². The molecule has 0 bridgehead atoms. The topological polar surface area (TPSA) is 47.3 Å². The Balaban J connectivity index is 2.13. The summed E-state index contributed by atoms with van der Waals surface area (Å²) in [5.41, 5.74) is 3.83. The Morgan fingerprint density at radius 2 is 2.00 bits per heavy atom. The van der Waals surface area contributed by atoms with Crippen LogP contribution in [0, 0.1) is 6.92 Å². The van der Waals surface area contributed by atoms with Crippen molar-refractivity contribution < 1.29 is 4.79 Å². The fourth-order valence-electron chi connectivity index (χ4n) is 2.22. The second-order valence-corrected chi connectivity index (χ2v) is 6.63. The van der Waals surface area contributed by atoms with Gasteiger partial charge in [-0.1, -0.05) is 42.1 Å². The van der Waals surface area contributed by atoms with Crippen LogP contribution in [0.2, 0.25) is 0 Å². The number of thioether (sulfide) groups is 1. The molecule has 0 N–H and O–H groups in total. The van der Waals surface area contributed by atoms with Crippen molar-refractivity contribution in [2.75, 3.05) is 0 Å². The molecule has 0 fully saturated rings. The van der Waals surface area contributed by atoms with E-state index >= 15 is 0 Å². The van der Waals surface area contributed by atoms with Crippen LogP contribution in [0.3, 0.4) is 0 Å². The molecule has 3 rings (SSSR count). The van der Waals surface area contributed by atoms with Gasteiger partial charge in [0.2, 0.25) is 0 Å². The van der Waals surface area contributed by atoms with Crippen LogP contribution in [0.15, 0.2) is 47.6 Å². The van der Waals surface area contributed by atoms with Crippen molar-refractivity contribution in [3.8, 4) is 11.1 Å². The van der Waals surface area contributed by atoms with Gasteiger partial charge in [-0.05, 0) is 32.4 Å². The number of hydrogen-bond donors (Lipinski definition) is 0. The van der Waals surface area contributed by atoms with Crippen LogP contribution in [0.25, 0.3) is 16.8 Å². The van der Waals surface area contributed by atoms with E-state index in [1.54, 1.807) is 6.92 Å². The molecule has 2 heterocycles. The van der Waals surface area contributed by atoms with E-state index in [1.807, 2.05) is 61.0 Å². The zero-order chi connectivity index (χ0) is 15.7. The van der Waals surface area contributed by atoms with E-state index < -0.39 is 0 Å². The first kappa shape index (κ1) is 14.8. The smallest absolute Gasteiger partial charge is 0.164 e. The number of Topliss-reactive ketones (excluding diaryl/α,β-unsaturated/α-hetero) is 1. The average molecular weight is 311 g/mol. The summed E-state index contributed by atoms with van der Waals surface area (Å²) in [5.74, 6) is 0.156. The van der Waals surface area contributed by atoms with Crippen LogP contribution in [0.5, 0.6) is 0 Å². The highest BCUT2D eigenvalue weighted by atomic mass is 32.2. The Bertz CT molecular complexity index is 827. The summed E-state index contributed by atoms with van der Waals surface area (Å²) in [7, 11) is 0. The van der Waals surface area contributed by atoms with Gasteiger partial charge in [-0.25, -0.2) is 9.50 Å². The molecule has 0 saturated carbocycles. The van der Waals surface area contributed by atoms with Gasteiger partial charge in [-0.15, -0.1) is 0 Å². The van der Waals surface area contributed by atoms with Crippen molar-refractivity contribution in [2.45, 2.75) is 31.0 Å². The number of nitrogens with zero attached hydrogens (tertiary/aromatic N) is 3. The molecule has 5 heteroatoms. The Morgan fingerprint density at radius 1 is 1.27 bits per heavy atom. The molecule has 0 spiro atoms. The zero-order valence-electron chi connectivity index (χ0n) is 12.8. The van der Waals surface area contributed by atoms with Crippen LogP contribution in [0.1, 0.15) is 19.5 Å². The van der Waals surface area contributed by atoms with Crippen molar-refractivity contribution in [3.05, 3.63) is 48.3 Å². The number of rotatable bonds is 4. The second kappa shape index (κ2) is 5.93. The molecular weight excluding hydrogens is 294 g/mol. The summed E-state index contributed by atoms with van der Waals surface area (Å²) in [6.07, 6.45) is 1.83. The zero-order valence-corrected chi connectivity index (χ0v) is 13.6. The van der Waals surface area contributed by atoms with E-state index in [1.165, 1.54) is 11.8 Å². The first-order valence-corrected chi connectivity index (χ1v) is 8.02. The Kier molecular flexibility index (Phi) is 3.98. The van der Waals surface area contributed by atoms with Crippen molar-refractivity contribution >= 4 is 23.2 Å². The number of benzene rings is 1. The van der Waals surface area contributed by atoms with Crippen LogP contribution >= 0.6 is 11.8 Å². The molecule has 1 atom stereocenters. The quantitative estimate of drug-likeness (QED) is 0.543. The maximum Gasteiger partial charge on any atom is 0.164 e. The first-order valence-electron chi connectivity index (χ1n) is 7.14. The maximum atomic E-state index is 11.5. The van der Waals surface area contributed by atoms with Gasteiger partial charge in [0.15, 0.2) is 5.65 Å². The lowest BCUT2D eigenvalue weighted by atomic mass is 10.1. The van der Waals surface area contributed by atoms with Crippen LogP contribution in [-0.2, 0) is 4.79 Å². The highest BCUT2D eigenvalue weighted by molar-refractivity contribution is 8.00. The lowest BCUT2D eigenvalue weighted by Crippen LogP contribution is -2.09.